The number of carbonyl (C=O) groups is 1. The van der Waals surface area contributed by atoms with Crippen LogP contribution in [0.3, 0.4) is 0 Å². The van der Waals surface area contributed by atoms with Gasteiger partial charge < -0.3 is 10.6 Å². The fraction of sp³-hybridized carbons (Fsp3) is 0.500. The summed E-state index contributed by atoms with van der Waals surface area (Å²) in [6, 6.07) is 1.96. The molecule has 0 saturated carbocycles. The zero-order valence-corrected chi connectivity index (χ0v) is 12.0. The average molecular weight is 273 g/mol. The summed E-state index contributed by atoms with van der Waals surface area (Å²) < 4.78 is 1.74. The Hall–Kier alpha value is -1.95. The lowest BCUT2D eigenvalue weighted by Crippen LogP contribution is -2.48. The number of hydrogen-bond donors (Lipinski definition) is 2. The number of carbonyl (C=O) groups excluding carboxylic acids is 1. The van der Waals surface area contributed by atoms with E-state index in [4.69, 9.17) is 0 Å². The maximum absolute atomic E-state index is 12.4. The van der Waals surface area contributed by atoms with Crippen molar-refractivity contribution < 1.29 is 4.79 Å². The minimum Gasteiger partial charge on any atom is -0.351 e. The van der Waals surface area contributed by atoms with E-state index in [2.05, 4.69) is 20.7 Å². The summed E-state index contributed by atoms with van der Waals surface area (Å²) in [5, 5.41) is 10.6. The van der Waals surface area contributed by atoms with Gasteiger partial charge in [-0.15, -0.1) is 0 Å². The lowest BCUT2D eigenvalue weighted by molar-refractivity contribution is 0.0943. The van der Waals surface area contributed by atoms with Crippen molar-refractivity contribution in [1.82, 2.24) is 25.2 Å². The zero-order valence-electron chi connectivity index (χ0n) is 12.0. The molecule has 1 amide bonds. The number of amides is 1. The second-order valence-corrected chi connectivity index (χ2v) is 5.47. The molecule has 0 aliphatic carbocycles. The van der Waals surface area contributed by atoms with Crippen molar-refractivity contribution in [1.29, 1.82) is 0 Å². The summed E-state index contributed by atoms with van der Waals surface area (Å²) in [7, 11) is 0. The molecule has 0 spiro atoms. The Balaban J connectivity index is 1.93. The Morgan fingerprint density at radius 2 is 2.20 bits per heavy atom. The summed E-state index contributed by atoms with van der Waals surface area (Å²) in [5.74, 6) is 0.458. The van der Waals surface area contributed by atoms with Gasteiger partial charge >= 0.3 is 0 Å². The summed E-state index contributed by atoms with van der Waals surface area (Å²) in [4.78, 5) is 16.8. The quantitative estimate of drug-likeness (QED) is 0.859. The molecule has 6 heteroatoms. The van der Waals surface area contributed by atoms with E-state index in [1.165, 1.54) is 0 Å². The second-order valence-electron chi connectivity index (χ2n) is 5.47. The molecule has 3 heterocycles. The number of aryl methyl sites for hydroxylation is 3. The van der Waals surface area contributed by atoms with Crippen LogP contribution in [-0.2, 0) is 0 Å². The zero-order chi connectivity index (χ0) is 14.3. The van der Waals surface area contributed by atoms with Crippen LogP contribution in [0, 0.1) is 26.7 Å². The summed E-state index contributed by atoms with van der Waals surface area (Å²) in [6.07, 6.45) is 0. The lowest BCUT2D eigenvalue weighted by Gasteiger charge is -2.27. The van der Waals surface area contributed by atoms with Crippen LogP contribution in [-0.4, -0.2) is 40.1 Å². The van der Waals surface area contributed by atoms with Gasteiger partial charge in [0.05, 0.1) is 5.69 Å². The van der Waals surface area contributed by atoms with Crippen LogP contribution in [0.25, 0.3) is 5.65 Å². The first-order chi connectivity index (χ1) is 9.56. The van der Waals surface area contributed by atoms with Gasteiger partial charge in [-0.25, -0.2) is 9.50 Å². The van der Waals surface area contributed by atoms with Gasteiger partial charge in [-0.3, -0.25) is 4.79 Å². The first-order valence-corrected chi connectivity index (χ1v) is 6.88. The van der Waals surface area contributed by atoms with E-state index in [0.29, 0.717) is 23.7 Å². The number of nitrogens with one attached hydrogen (secondary N) is 2. The molecule has 1 saturated heterocycles. The van der Waals surface area contributed by atoms with Crippen LogP contribution >= 0.6 is 0 Å². The fourth-order valence-corrected chi connectivity index (χ4v) is 2.51. The summed E-state index contributed by atoms with van der Waals surface area (Å²) in [6.45, 7) is 8.40. The van der Waals surface area contributed by atoms with E-state index in [9.17, 15) is 4.79 Å². The number of aromatic nitrogens is 3. The third kappa shape index (κ3) is 2.16. The van der Waals surface area contributed by atoms with Gasteiger partial charge in [0.25, 0.3) is 5.91 Å². The number of hydrogen-bond acceptors (Lipinski definition) is 4. The molecule has 1 fully saturated rings. The van der Waals surface area contributed by atoms with Crippen LogP contribution in [0.4, 0.5) is 0 Å². The fourth-order valence-electron chi connectivity index (χ4n) is 2.51. The maximum Gasteiger partial charge on any atom is 0.257 e. The van der Waals surface area contributed by atoms with Crippen molar-refractivity contribution in [3.63, 3.8) is 0 Å². The van der Waals surface area contributed by atoms with Crippen molar-refractivity contribution in [2.45, 2.75) is 20.8 Å². The standard InChI is InChI=1S/C14H19N5O/c1-8-4-9(2)19-13(17-8)12(10(3)18-19)14(20)16-7-11-5-15-6-11/h4,11,15H,5-7H2,1-3H3,(H,16,20). The second kappa shape index (κ2) is 4.86. The molecule has 0 aromatic carbocycles. The Morgan fingerprint density at radius 1 is 1.45 bits per heavy atom. The van der Waals surface area contributed by atoms with Crippen molar-refractivity contribution in [2.24, 2.45) is 5.92 Å². The Labute approximate surface area is 117 Å². The highest BCUT2D eigenvalue weighted by molar-refractivity contribution is 6.01. The number of fused-ring (bicyclic) bond motifs is 1. The highest BCUT2D eigenvalue weighted by atomic mass is 16.1. The highest BCUT2D eigenvalue weighted by Crippen LogP contribution is 2.16. The predicted octanol–water partition coefficient (Wildman–Crippen LogP) is 0.604. The molecule has 6 nitrogen and oxygen atoms in total. The molecular formula is C14H19N5O. The molecule has 0 unspecified atom stereocenters. The molecule has 2 N–H and O–H groups in total. The molecule has 20 heavy (non-hydrogen) atoms. The van der Waals surface area contributed by atoms with Gasteiger partial charge in [-0.2, -0.15) is 5.10 Å². The topological polar surface area (TPSA) is 71.3 Å². The molecule has 2 aromatic heterocycles. The van der Waals surface area contributed by atoms with E-state index >= 15 is 0 Å². The molecule has 0 atom stereocenters. The molecule has 3 rings (SSSR count). The molecule has 1 aliphatic heterocycles. The van der Waals surface area contributed by atoms with Gasteiger partial charge in [0.2, 0.25) is 0 Å². The third-order valence-electron chi connectivity index (χ3n) is 3.71. The van der Waals surface area contributed by atoms with Crippen LogP contribution in [0.2, 0.25) is 0 Å². The summed E-state index contributed by atoms with van der Waals surface area (Å²) >= 11 is 0. The molecule has 106 valence electrons. The maximum atomic E-state index is 12.4. The van der Waals surface area contributed by atoms with Crippen molar-refractivity contribution in [3.8, 4) is 0 Å². The van der Waals surface area contributed by atoms with Crippen LogP contribution < -0.4 is 10.6 Å². The minimum atomic E-state index is -0.0816. The highest BCUT2D eigenvalue weighted by Gasteiger charge is 2.22. The monoisotopic (exact) mass is 273 g/mol. The molecular weight excluding hydrogens is 254 g/mol. The summed E-state index contributed by atoms with van der Waals surface area (Å²) in [5.41, 5.74) is 3.83. The number of rotatable bonds is 3. The van der Waals surface area contributed by atoms with E-state index in [0.717, 1.165) is 30.2 Å². The average Bonchev–Trinajstić information content (AvgIpc) is 2.63. The lowest BCUT2D eigenvalue weighted by atomic mass is 10.0. The van der Waals surface area contributed by atoms with Gasteiger partial charge in [0, 0.05) is 36.9 Å². The number of nitrogens with zero attached hydrogens (tertiary/aromatic N) is 3. The van der Waals surface area contributed by atoms with Gasteiger partial charge in [0.1, 0.15) is 5.56 Å². The minimum absolute atomic E-state index is 0.0816. The van der Waals surface area contributed by atoms with Crippen LogP contribution in [0.1, 0.15) is 27.4 Å². The first-order valence-electron chi connectivity index (χ1n) is 6.88. The Bertz CT molecular complexity index is 672. The van der Waals surface area contributed by atoms with Crippen LogP contribution in [0.5, 0.6) is 0 Å². The predicted molar refractivity (Wildman–Crippen MR) is 75.9 cm³/mol. The van der Waals surface area contributed by atoms with E-state index in [1.54, 1.807) is 4.52 Å². The van der Waals surface area contributed by atoms with Crippen molar-refractivity contribution in [2.75, 3.05) is 19.6 Å². The first kappa shape index (κ1) is 13.1. The smallest absolute Gasteiger partial charge is 0.257 e. The third-order valence-corrected chi connectivity index (χ3v) is 3.71. The van der Waals surface area contributed by atoms with Crippen molar-refractivity contribution in [3.05, 3.63) is 28.7 Å². The molecule has 0 bridgehead atoms. The Morgan fingerprint density at radius 3 is 2.85 bits per heavy atom. The van der Waals surface area contributed by atoms with Gasteiger partial charge in [-0.05, 0) is 26.8 Å². The largest absolute Gasteiger partial charge is 0.351 e. The van der Waals surface area contributed by atoms with E-state index < -0.39 is 0 Å². The van der Waals surface area contributed by atoms with E-state index in [1.807, 2.05) is 26.8 Å². The van der Waals surface area contributed by atoms with E-state index in [-0.39, 0.29) is 5.91 Å². The molecule has 1 aliphatic rings. The van der Waals surface area contributed by atoms with Crippen molar-refractivity contribution >= 4 is 11.6 Å². The van der Waals surface area contributed by atoms with Gasteiger partial charge in [0.15, 0.2) is 5.65 Å². The van der Waals surface area contributed by atoms with Crippen LogP contribution in [0.15, 0.2) is 6.07 Å². The normalized spacial score (nSPS) is 15.3. The molecule has 2 aromatic rings. The Kier molecular flexibility index (Phi) is 3.17. The SMILES string of the molecule is Cc1cc(C)n2nc(C)c(C(=O)NCC3CNC3)c2n1. The van der Waals surface area contributed by atoms with Gasteiger partial charge in [-0.1, -0.05) is 0 Å². The molecule has 0 radical (unpaired) electrons.